The molecule has 1 atom stereocenters. The number of benzene rings is 6. The number of hydrogen-bond acceptors (Lipinski definition) is 2. The Morgan fingerprint density at radius 3 is 1.57 bits per heavy atom. The maximum Gasteiger partial charge on any atom is -0.0809 e. The fourth-order valence-electron chi connectivity index (χ4n) is 7.89. The molecular weight excluding hydrogens is 756 g/mol. The molecule has 0 amide bonds. The molecule has 1 unspecified atom stereocenters. The molecule has 3 heteroatoms. The van der Waals surface area contributed by atoms with E-state index in [0.717, 1.165) is 12.8 Å². The summed E-state index contributed by atoms with van der Waals surface area (Å²) in [5, 5.41) is 5.32. The fraction of sp³-hybridized carbons (Fsp3) is 0.0943. The van der Waals surface area contributed by atoms with Crippen LogP contribution in [0, 0.1) is 6.04 Å². The van der Waals surface area contributed by atoms with Gasteiger partial charge in [-0.2, -0.15) is 46.7 Å². The normalized spacial score (nSPS) is 12.6. The zero-order valence-corrected chi connectivity index (χ0v) is 34.7. The van der Waals surface area contributed by atoms with E-state index in [1.54, 1.807) is 0 Å². The van der Waals surface area contributed by atoms with Crippen LogP contribution in [0.3, 0.4) is 0 Å². The van der Waals surface area contributed by atoms with Gasteiger partial charge < -0.3 is 9.80 Å². The van der Waals surface area contributed by atoms with Gasteiger partial charge in [0, 0.05) is 24.5 Å². The van der Waals surface area contributed by atoms with Crippen LogP contribution < -0.4 is 9.80 Å². The van der Waals surface area contributed by atoms with Crippen molar-refractivity contribution in [3.05, 3.63) is 235 Å². The number of anilines is 2. The number of para-hydroxylation sites is 2. The molecule has 0 N–H and O–H groups in total. The molecule has 10 rings (SSSR count). The summed E-state index contributed by atoms with van der Waals surface area (Å²) in [6, 6.07) is 70.0. The van der Waals surface area contributed by atoms with Crippen molar-refractivity contribution >= 4 is 48.3 Å². The van der Waals surface area contributed by atoms with Crippen LogP contribution in [0.25, 0.3) is 32.7 Å². The first-order valence-corrected chi connectivity index (χ1v) is 21.0. The van der Waals surface area contributed by atoms with Crippen molar-refractivity contribution in [1.29, 1.82) is 0 Å². The van der Waals surface area contributed by atoms with Gasteiger partial charge >= 0.3 is 28.4 Å². The molecule has 8 aromatic rings. The molecular formula is C53H47N2Zr-3. The molecule has 0 radical (unpaired) electrons. The molecule has 0 saturated carbocycles. The first-order chi connectivity index (χ1) is 27.7. The summed E-state index contributed by atoms with van der Waals surface area (Å²) in [7, 11) is 4.46. The molecule has 0 aliphatic heterocycles. The van der Waals surface area contributed by atoms with Gasteiger partial charge in [-0.05, 0) is 54.4 Å². The summed E-state index contributed by atoms with van der Waals surface area (Å²) in [6.07, 6.45) is 6.80. The predicted molar refractivity (Wildman–Crippen MR) is 239 cm³/mol. The van der Waals surface area contributed by atoms with Gasteiger partial charge in [0.15, 0.2) is 0 Å². The van der Waals surface area contributed by atoms with E-state index in [2.05, 4.69) is 234 Å². The summed E-state index contributed by atoms with van der Waals surface area (Å²) in [6.45, 7) is 0. The smallest absolute Gasteiger partial charge is 0.0809 e. The van der Waals surface area contributed by atoms with Gasteiger partial charge in [-0.25, -0.2) is 0 Å². The molecule has 276 valence electrons. The Labute approximate surface area is 347 Å². The van der Waals surface area contributed by atoms with Crippen molar-refractivity contribution in [2.24, 2.45) is 0 Å². The zero-order chi connectivity index (χ0) is 38.7. The molecule has 0 fully saturated rings. The molecule has 2 aliphatic rings. The SMILES string of the molecule is CN(c1ccccc1)[C-](C1=CCc2ccccc21)C(C1=CCc2ccccc21)N(C)c1ccccc1.[CH2]=[Zr].c1ccc2[cH-]ccc2c1.c1ccc2[cH-]ccc2c1. The van der Waals surface area contributed by atoms with Crippen LogP contribution in [0.1, 0.15) is 22.3 Å². The predicted octanol–water partition coefficient (Wildman–Crippen LogP) is 12.5. The maximum atomic E-state index is 3.34. The molecule has 8 aromatic carbocycles. The van der Waals surface area contributed by atoms with E-state index in [4.69, 9.17) is 0 Å². The number of allylic oxidation sites excluding steroid dienone is 2. The summed E-state index contributed by atoms with van der Waals surface area (Å²) in [5.74, 6) is 0. The first-order valence-electron chi connectivity index (χ1n) is 19.2. The quantitative estimate of drug-likeness (QED) is 0.148. The average molecular weight is 803 g/mol. The van der Waals surface area contributed by atoms with E-state index >= 15 is 0 Å². The van der Waals surface area contributed by atoms with E-state index in [1.165, 1.54) is 96.6 Å². The van der Waals surface area contributed by atoms with E-state index in [-0.39, 0.29) is 6.04 Å². The standard InChI is InChI=1S/C34H31N2.2C9H7.CH2.Zr/c1-35(27-15-5-3-6-16-27)33(31-23-21-25-13-9-11-19-29(25)31)34(36(2)28-17-7-4-8-18-28)32-24-22-26-14-10-12-20-30(26)32;2*1-2-5-9-7-3-6-8(9)4-1;;/h3-20,23-24,33H,21-22H2,1-2H3;2*1-7H;1H2;/q3*-1;;. The first kappa shape index (κ1) is 38.5. The molecule has 2 aliphatic carbocycles. The summed E-state index contributed by atoms with van der Waals surface area (Å²) >= 11 is 1.30. The molecule has 0 spiro atoms. The van der Waals surface area contributed by atoms with Gasteiger partial charge in [0.1, 0.15) is 0 Å². The Kier molecular flexibility index (Phi) is 12.9. The largest absolute Gasteiger partial charge is 0.168 e. The van der Waals surface area contributed by atoms with Gasteiger partial charge in [-0.1, -0.05) is 110 Å². The van der Waals surface area contributed by atoms with Gasteiger partial charge in [-0.3, -0.25) is 0 Å². The number of nitrogens with zero attached hydrogens (tertiary/aromatic N) is 2. The van der Waals surface area contributed by atoms with Crippen LogP contribution >= 0.6 is 0 Å². The van der Waals surface area contributed by atoms with Gasteiger partial charge in [0.25, 0.3) is 0 Å². The van der Waals surface area contributed by atoms with Crippen molar-refractivity contribution in [2.45, 2.75) is 18.9 Å². The van der Waals surface area contributed by atoms with Crippen molar-refractivity contribution < 1.29 is 24.2 Å². The zero-order valence-electron chi connectivity index (χ0n) is 32.2. The minimum atomic E-state index is 0.0404. The van der Waals surface area contributed by atoms with Crippen molar-refractivity contribution in [3.63, 3.8) is 0 Å². The van der Waals surface area contributed by atoms with Gasteiger partial charge in [-0.15, -0.1) is 76.5 Å². The Balaban J connectivity index is 0.000000193. The molecule has 0 bridgehead atoms. The summed E-state index contributed by atoms with van der Waals surface area (Å²) in [4.78, 5) is 4.85. The Bertz CT molecular complexity index is 2280. The van der Waals surface area contributed by atoms with Gasteiger partial charge in [0.2, 0.25) is 0 Å². The summed E-state index contributed by atoms with van der Waals surface area (Å²) < 4.78 is 3.34. The van der Waals surface area contributed by atoms with Crippen molar-refractivity contribution in [3.8, 4) is 0 Å². The third kappa shape index (κ3) is 8.55. The maximum absolute atomic E-state index is 3.34. The van der Waals surface area contributed by atoms with E-state index in [0.29, 0.717) is 0 Å². The van der Waals surface area contributed by atoms with Crippen LogP contribution in [0.5, 0.6) is 0 Å². The van der Waals surface area contributed by atoms with Crippen LogP contribution in [0.15, 0.2) is 206 Å². The topological polar surface area (TPSA) is 6.48 Å². The van der Waals surface area contributed by atoms with Crippen LogP contribution in [0.4, 0.5) is 11.4 Å². The van der Waals surface area contributed by atoms with Crippen molar-refractivity contribution in [2.75, 3.05) is 23.9 Å². The van der Waals surface area contributed by atoms with E-state index < -0.39 is 0 Å². The van der Waals surface area contributed by atoms with Crippen molar-refractivity contribution in [1.82, 2.24) is 0 Å². The monoisotopic (exact) mass is 801 g/mol. The Hall–Kier alpha value is -5.76. The van der Waals surface area contributed by atoms with Gasteiger partial charge in [0.05, 0.1) is 0 Å². The minimum absolute atomic E-state index is 0.0404. The van der Waals surface area contributed by atoms with Crippen LogP contribution in [-0.2, 0) is 37.1 Å². The Morgan fingerprint density at radius 1 is 0.518 bits per heavy atom. The number of fused-ring (bicyclic) bond motifs is 4. The fourth-order valence-corrected chi connectivity index (χ4v) is 7.89. The third-order valence-corrected chi connectivity index (χ3v) is 10.7. The average Bonchev–Trinajstić information content (AvgIpc) is 4.11. The number of rotatable bonds is 7. The second-order valence-corrected chi connectivity index (χ2v) is 13.9. The van der Waals surface area contributed by atoms with E-state index in [9.17, 15) is 0 Å². The summed E-state index contributed by atoms with van der Waals surface area (Å²) in [5.41, 5.74) is 10.6. The minimum Gasteiger partial charge on any atom is -0.168 e. The number of likely N-dealkylation sites (N-methyl/N-ethyl adjacent to an activating group) is 2. The molecule has 0 saturated heterocycles. The second-order valence-electron chi connectivity index (χ2n) is 13.9. The molecule has 56 heavy (non-hydrogen) atoms. The Morgan fingerprint density at radius 2 is 0.982 bits per heavy atom. The molecule has 0 aromatic heterocycles. The molecule has 2 nitrogen and oxygen atoms in total. The van der Waals surface area contributed by atoms with Crippen LogP contribution in [0.2, 0.25) is 0 Å². The van der Waals surface area contributed by atoms with Crippen LogP contribution in [-0.4, -0.2) is 24.3 Å². The number of hydrogen-bond donors (Lipinski definition) is 0. The second kappa shape index (κ2) is 18.7. The molecule has 0 heterocycles. The van der Waals surface area contributed by atoms with E-state index in [1.807, 2.05) is 0 Å². The third-order valence-electron chi connectivity index (χ3n) is 10.7.